The molecule has 4 heterocycles. The zero-order valence-electron chi connectivity index (χ0n) is 34.2. The number of carboxylic acid groups (broad SMARTS) is 1. The first-order valence-electron chi connectivity index (χ1n) is 19.3. The second kappa shape index (κ2) is 21.4. The van der Waals surface area contributed by atoms with Gasteiger partial charge in [-0.3, -0.25) is 19.2 Å². The first-order chi connectivity index (χ1) is 28.3. The zero-order chi connectivity index (χ0) is 44.1. The van der Waals surface area contributed by atoms with Crippen LogP contribution >= 0.6 is 11.3 Å². The number of aliphatic carboxylic acids is 1. The van der Waals surface area contributed by atoms with Crippen molar-refractivity contribution in [1.82, 2.24) is 41.0 Å². The molecule has 0 spiro atoms. The minimum atomic E-state index is -5.08. The Bertz CT molecular complexity index is 2070. The summed E-state index contributed by atoms with van der Waals surface area (Å²) in [5.74, 6) is -2.69. The number of benzene rings is 2. The van der Waals surface area contributed by atoms with E-state index in [-0.39, 0.29) is 56.2 Å². The molecule has 2 bridgehead atoms. The zero-order valence-corrected chi connectivity index (χ0v) is 35.0. The maximum absolute atomic E-state index is 14.3. The van der Waals surface area contributed by atoms with Gasteiger partial charge in [-0.15, -0.1) is 11.3 Å². The molecule has 0 saturated heterocycles. The van der Waals surface area contributed by atoms with Gasteiger partial charge in [0.2, 0.25) is 23.6 Å². The van der Waals surface area contributed by atoms with Crippen molar-refractivity contribution in [3.05, 3.63) is 93.5 Å². The molecule has 4 amide bonds. The van der Waals surface area contributed by atoms with E-state index >= 15 is 0 Å². The van der Waals surface area contributed by atoms with Crippen LogP contribution in [0.25, 0.3) is 0 Å². The van der Waals surface area contributed by atoms with Crippen molar-refractivity contribution in [3.8, 4) is 5.75 Å². The van der Waals surface area contributed by atoms with Gasteiger partial charge >= 0.3 is 12.1 Å². The van der Waals surface area contributed by atoms with E-state index in [1.807, 2.05) is 68.6 Å². The van der Waals surface area contributed by atoms with Crippen LogP contribution in [0.2, 0.25) is 0 Å². The third kappa shape index (κ3) is 14.8. The number of nitrogens with zero attached hydrogens (tertiary/aromatic N) is 4. The monoisotopic (exact) mass is 856 g/mol. The lowest BCUT2D eigenvalue weighted by Gasteiger charge is -2.27. The number of halogens is 3. The fraction of sp³-hybridized carbons (Fsp3) is 0.463. The molecule has 4 aromatic rings. The van der Waals surface area contributed by atoms with Gasteiger partial charge in [0.1, 0.15) is 36.8 Å². The maximum atomic E-state index is 14.3. The molecule has 0 unspecified atom stereocenters. The number of nitrogens with one attached hydrogen (secondary N) is 4. The van der Waals surface area contributed by atoms with Crippen molar-refractivity contribution in [2.45, 2.75) is 104 Å². The Morgan fingerprint density at radius 2 is 1.63 bits per heavy atom. The number of carbonyl (C=O) groups excluding carboxylic acids is 4. The van der Waals surface area contributed by atoms with Crippen LogP contribution in [0, 0.1) is 25.7 Å². The normalized spacial score (nSPS) is 19.2. The van der Waals surface area contributed by atoms with E-state index in [1.165, 1.54) is 16.0 Å². The van der Waals surface area contributed by atoms with E-state index in [0.29, 0.717) is 35.4 Å². The molecule has 2 aliphatic heterocycles. The summed E-state index contributed by atoms with van der Waals surface area (Å²) in [6.07, 6.45) is -4.02. The average molecular weight is 857 g/mol. The van der Waals surface area contributed by atoms with Crippen LogP contribution in [-0.4, -0.2) is 85.4 Å². The fourth-order valence-electron chi connectivity index (χ4n) is 6.34. The summed E-state index contributed by atoms with van der Waals surface area (Å²) in [6, 6.07) is 13.8. The summed E-state index contributed by atoms with van der Waals surface area (Å²) >= 11 is 1.45. The number of alkyl halides is 3. The van der Waals surface area contributed by atoms with Crippen LogP contribution in [0.5, 0.6) is 5.75 Å². The lowest BCUT2D eigenvalue weighted by Crippen LogP contribution is -2.56. The summed E-state index contributed by atoms with van der Waals surface area (Å²) in [7, 11) is 0. The molecule has 2 aliphatic rings. The Kier molecular flexibility index (Phi) is 16.7. The standard InChI is InChI=1S/C39H50N8O5S.C2HF3O2/c1-23(2)16-29-21-52-31-14-12-28(13-15-31)18-32(43-34(48)19-30-22-53-26(6)41-30)38(50)44-33(17-27-10-8-7-9-11-27)39(51)45-36(24(3)4)37-40-25(5)46-47(37)20-35(49)42-29;3-2(4,5)1(6)7/h7-15,22-24,29,32-33,36H,16-21H2,1-6H3,(H,42,49)(H,43,48)(H,44,50)(H,45,51);(H,6,7)/t29-,32+,33-,36-;/m0./s1. The van der Waals surface area contributed by atoms with Gasteiger partial charge in [0.15, 0.2) is 5.82 Å². The molecular weight excluding hydrogens is 806 g/mol. The van der Waals surface area contributed by atoms with E-state index in [9.17, 15) is 32.3 Å². The summed E-state index contributed by atoms with van der Waals surface area (Å²) in [5, 5.41) is 26.4. The van der Waals surface area contributed by atoms with Crippen molar-refractivity contribution >= 4 is 40.9 Å². The highest BCUT2D eigenvalue weighted by molar-refractivity contribution is 7.09. The molecule has 19 heteroatoms. The number of carboxylic acids is 1. The van der Waals surface area contributed by atoms with Gasteiger partial charge in [-0.1, -0.05) is 70.2 Å². The van der Waals surface area contributed by atoms with Gasteiger partial charge in [0, 0.05) is 18.2 Å². The Morgan fingerprint density at radius 3 is 2.22 bits per heavy atom. The number of carbonyl (C=O) groups is 5. The SMILES string of the molecule is Cc1nc2n(n1)CC(=O)N[C@@H](CC(C)C)COc1ccc(cc1)C[C@@H](NC(=O)Cc1csc(C)n1)C(=O)N[C@@H](Cc1ccccc1)C(=O)N[C@H]2C(C)C.O=C(O)C(F)(F)F. The second-order valence-corrected chi connectivity index (χ2v) is 16.2. The van der Waals surface area contributed by atoms with E-state index in [4.69, 9.17) is 14.6 Å². The largest absolute Gasteiger partial charge is 0.491 e. The van der Waals surface area contributed by atoms with Crippen molar-refractivity contribution in [3.63, 3.8) is 0 Å². The minimum absolute atomic E-state index is 0.0130. The van der Waals surface area contributed by atoms with Crippen LogP contribution in [0.4, 0.5) is 13.2 Å². The van der Waals surface area contributed by atoms with Gasteiger partial charge in [-0.25, -0.2) is 19.4 Å². The predicted octanol–water partition coefficient (Wildman–Crippen LogP) is 4.42. The Balaban J connectivity index is 0.00000104. The number of aromatic nitrogens is 4. The summed E-state index contributed by atoms with van der Waals surface area (Å²) < 4.78 is 39.4. The number of amides is 4. The molecule has 6 rings (SSSR count). The van der Waals surface area contributed by atoms with Gasteiger partial charge in [0.05, 0.1) is 29.2 Å². The quantitative estimate of drug-likeness (QED) is 0.169. The Hall–Kier alpha value is -5.85. The van der Waals surface area contributed by atoms with Crippen molar-refractivity contribution in [2.24, 2.45) is 11.8 Å². The number of rotatable bonds is 8. The topological polar surface area (TPSA) is 207 Å². The Morgan fingerprint density at radius 1 is 0.967 bits per heavy atom. The van der Waals surface area contributed by atoms with Gasteiger partial charge < -0.3 is 31.1 Å². The number of ether oxygens (including phenoxy) is 1. The molecule has 2 aromatic carbocycles. The molecule has 4 atom stereocenters. The second-order valence-electron chi connectivity index (χ2n) is 15.2. The van der Waals surface area contributed by atoms with Gasteiger partial charge in [0.25, 0.3) is 0 Å². The van der Waals surface area contributed by atoms with Crippen LogP contribution in [0.15, 0.2) is 60.0 Å². The maximum Gasteiger partial charge on any atom is 0.490 e. The molecule has 15 nitrogen and oxygen atoms in total. The summed E-state index contributed by atoms with van der Waals surface area (Å²) in [5.41, 5.74) is 2.24. The molecule has 0 radical (unpaired) electrons. The van der Waals surface area contributed by atoms with E-state index in [2.05, 4.69) is 50.2 Å². The fourth-order valence-corrected chi connectivity index (χ4v) is 6.96. The van der Waals surface area contributed by atoms with Gasteiger partial charge in [-0.05, 0) is 55.4 Å². The molecule has 5 N–H and O–H groups in total. The van der Waals surface area contributed by atoms with Crippen LogP contribution < -0.4 is 26.0 Å². The van der Waals surface area contributed by atoms with E-state index < -0.39 is 42.1 Å². The van der Waals surface area contributed by atoms with Crippen LogP contribution in [-0.2, 0) is 49.8 Å². The molecule has 0 aliphatic carbocycles. The molecular formula is C41H51F3N8O7S. The highest BCUT2D eigenvalue weighted by Gasteiger charge is 2.38. The van der Waals surface area contributed by atoms with Crippen LogP contribution in [0.3, 0.4) is 0 Å². The van der Waals surface area contributed by atoms with E-state index in [0.717, 1.165) is 16.1 Å². The highest BCUT2D eigenvalue weighted by atomic mass is 32.1. The highest BCUT2D eigenvalue weighted by Crippen LogP contribution is 2.22. The lowest BCUT2D eigenvalue weighted by molar-refractivity contribution is -0.192. The van der Waals surface area contributed by atoms with Crippen molar-refractivity contribution < 1.29 is 47.0 Å². The first kappa shape index (κ1) is 46.8. The number of aryl methyl sites for hydroxylation is 2. The predicted molar refractivity (Wildman–Crippen MR) is 216 cm³/mol. The first-order valence-corrected chi connectivity index (χ1v) is 20.2. The molecule has 324 valence electrons. The lowest BCUT2D eigenvalue weighted by atomic mass is 10.00. The van der Waals surface area contributed by atoms with Crippen molar-refractivity contribution in [2.75, 3.05) is 6.61 Å². The number of hydrogen-bond donors (Lipinski definition) is 5. The number of fused-ring (bicyclic) bond motifs is 14. The summed E-state index contributed by atoms with van der Waals surface area (Å²) in [4.78, 5) is 73.2. The van der Waals surface area contributed by atoms with Crippen molar-refractivity contribution in [1.29, 1.82) is 0 Å². The van der Waals surface area contributed by atoms with Gasteiger partial charge in [-0.2, -0.15) is 18.3 Å². The minimum Gasteiger partial charge on any atom is -0.491 e. The molecule has 0 saturated carbocycles. The third-order valence-electron chi connectivity index (χ3n) is 9.10. The Labute approximate surface area is 349 Å². The molecule has 2 aromatic heterocycles. The number of hydrogen-bond acceptors (Lipinski definition) is 10. The van der Waals surface area contributed by atoms with Crippen LogP contribution in [0.1, 0.15) is 73.6 Å². The summed E-state index contributed by atoms with van der Waals surface area (Å²) in [6.45, 7) is 11.8. The third-order valence-corrected chi connectivity index (χ3v) is 9.92. The molecule has 60 heavy (non-hydrogen) atoms. The smallest absolute Gasteiger partial charge is 0.490 e. The number of thiazole rings is 1. The molecule has 0 fully saturated rings. The average Bonchev–Trinajstić information content (AvgIpc) is 3.74. The van der Waals surface area contributed by atoms with E-state index in [1.54, 1.807) is 19.1 Å².